The summed E-state index contributed by atoms with van der Waals surface area (Å²) in [7, 11) is 0. The first kappa shape index (κ1) is 20.6. The highest BCUT2D eigenvalue weighted by molar-refractivity contribution is 7.99. The molecule has 0 aliphatic heterocycles. The Hall–Kier alpha value is -2.68. The Balaban J connectivity index is 1.50. The number of aromatic nitrogens is 4. The normalized spacial score (nSPS) is 17.5. The lowest BCUT2D eigenvalue weighted by Crippen LogP contribution is -2.37. The molecule has 158 valence electrons. The second kappa shape index (κ2) is 8.22. The Morgan fingerprint density at radius 1 is 1.33 bits per heavy atom. The summed E-state index contributed by atoms with van der Waals surface area (Å²) in [6.45, 7) is 6.29. The minimum atomic E-state index is -0.282. The van der Waals surface area contributed by atoms with Crippen molar-refractivity contribution < 1.29 is 13.6 Å². The fourth-order valence-corrected chi connectivity index (χ4v) is 4.37. The molecule has 1 atom stereocenters. The molecule has 1 aliphatic rings. The second-order valence-corrected chi connectivity index (χ2v) is 9.13. The number of hydrogen-bond donors (Lipinski definition) is 1. The molecule has 1 aromatic carbocycles. The minimum Gasteiger partial charge on any atom is -0.416 e. The molecule has 0 saturated heterocycles. The average molecular weight is 430 g/mol. The van der Waals surface area contributed by atoms with Gasteiger partial charge in [-0.05, 0) is 42.5 Å². The van der Waals surface area contributed by atoms with Gasteiger partial charge >= 0.3 is 0 Å². The number of nitrogens with zero attached hydrogens (tertiary/aromatic N) is 4. The Bertz CT molecular complexity index is 1040. The smallest absolute Gasteiger partial charge is 0.277 e. The van der Waals surface area contributed by atoms with E-state index in [0.717, 1.165) is 29.8 Å². The van der Waals surface area contributed by atoms with Gasteiger partial charge < -0.3 is 9.73 Å². The summed E-state index contributed by atoms with van der Waals surface area (Å²) < 4.78 is 20.6. The van der Waals surface area contributed by atoms with Crippen LogP contribution in [0, 0.1) is 11.2 Å². The monoisotopic (exact) mass is 429 g/mol. The molecular weight excluding hydrogens is 405 g/mol. The van der Waals surface area contributed by atoms with Crippen LogP contribution in [-0.4, -0.2) is 31.6 Å². The van der Waals surface area contributed by atoms with E-state index in [-0.39, 0.29) is 28.9 Å². The van der Waals surface area contributed by atoms with E-state index in [2.05, 4.69) is 34.5 Å². The van der Waals surface area contributed by atoms with E-state index in [1.165, 1.54) is 23.9 Å². The van der Waals surface area contributed by atoms with E-state index in [1.54, 1.807) is 18.3 Å². The quantitative estimate of drug-likeness (QED) is 0.599. The fraction of sp³-hybridized carbons (Fsp3) is 0.429. The predicted molar refractivity (Wildman–Crippen MR) is 111 cm³/mol. The van der Waals surface area contributed by atoms with Gasteiger partial charge in [-0.25, -0.2) is 9.07 Å². The number of rotatable bonds is 6. The first-order chi connectivity index (χ1) is 14.3. The highest BCUT2D eigenvalue weighted by Crippen LogP contribution is 2.41. The molecular formula is C21H24FN5O2S. The van der Waals surface area contributed by atoms with Gasteiger partial charge in [-0.1, -0.05) is 32.5 Å². The molecule has 1 aliphatic carbocycles. The highest BCUT2D eigenvalue weighted by Gasteiger charge is 2.36. The summed E-state index contributed by atoms with van der Waals surface area (Å²) in [6.07, 6.45) is 4.10. The maximum atomic E-state index is 13.3. The Morgan fingerprint density at radius 3 is 2.80 bits per heavy atom. The summed E-state index contributed by atoms with van der Waals surface area (Å²) >= 11 is 1.23. The molecule has 1 N–H and O–H groups in total. The van der Waals surface area contributed by atoms with Gasteiger partial charge in [0.15, 0.2) is 0 Å². The first-order valence-electron chi connectivity index (χ1n) is 9.92. The summed E-state index contributed by atoms with van der Waals surface area (Å²) in [5.74, 6) is 0.378. The van der Waals surface area contributed by atoms with Crippen LogP contribution < -0.4 is 5.32 Å². The van der Waals surface area contributed by atoms with Gasteiger partial charge in [-0.3, -0.25) is 4.79 Å². The number of nitrogens with one attached hydrogen (secondary N) is 1. The van der Waals surface area contributed by atoms with E-state index in [4.69, 9.17) is 4.42 Å². The Kier molecular flexibility index (Phi) is 5.64. The Morgan fingerprint density at radius 2 is 2.10 bits per heavy atom. The van der Waals surface area contributed by atoms with E-state index in [1.807, 2.05) is 11.6 Å². The zero-order chi connectivity index (χ0) is 21.3. The second-order valence-electron chi connectivity index (χ2n) is 8.20. The van der Waals surface area contributed by atoms with Crippen molar-refractivity contribution >= 4 is 17.7 Å². The molecule has 0 saturated carbocycles. The third-order valence-corrected chi connectivity index (χ3v) is 5.98. The molecule has 7 nitrogen and oxygen atoms in total. The molecule has 30 heavy (non-hydrogen) atoms. The van der Waals surface area contributed by atoms with Crippen molar-refractivity contribution in [2.24, 2.45) is 5.41 Å². The van der Waals surface area contributed by atoms with Crippen LogP contribution in [0.25, 0.3) is 5.69 Å². The maximum Gasteiger partial charge on any atom is 0.277 e. The van der Waals surface area contributed by atoms with Gasteiger partial charge in [0.25, 0.3) is 5.22 Å². The maximum absolute atomic E-state index is 13.3. The van der Waals surface area contributed by atoms with Gasteiger partial charge in [0.2, 0.25) is 11.8 Å². The van der Waals surface area contributed by atoms with E-state index in [0.29, 0.717) is 17.5 Å². The zero-order valence-corrected chi connectivity index (χ0v) is 18.0. The molecule has 0 bridgehead atoms. The number of carbonyl (C=O) groups is 1. The van der Waals surface area contributed by atoms with E-state index >= 15 is 0 Å². The lowest BCUT2D eigenvalue weighted by atomic mass is 9.74. The minimum absolute atomic E-state index is 0.0155. The van der Waals surface area contributed by atoms with Gasteiger partial charge in [-0.15, -0.1) is 10.2 Å². The number of thioether (sulfide) groups is 1. The van der Waals surface area contributed by atoms with Crippen LogP contribution in [0.2, 0.25) is 0 Å². The van der Waals surface area contributed by atoms with Gasteiger partial charge in [-0.2, -0.15) is 5.10 Å². The van der Waals surface area contributed by atoms with Crippen LogP contribution in [-0.2, 0) is 17.6 Å². The predicted octanol–water partition coefficient (Wildman–Crippen LogP) is 3.88. The molecule has 0 radical (unpaired) electrons. The number of carbonyl (C=O) groups excluding carboxylic acids is 1. The lowest BCUT2D eigenvalue weighted by molar-refractivity contribution is -0.119. The molecule has 0 spiro atoms. The SMILES string of the molecule is CCc1nnc(SCC(=O)NC2CC(C)(C)Cc3c2cnn3-c2ccc(F)cc2)o1. The van der Waals surface area contributed by atoms with Crippen LogP contribution in [0.15, 0.2) is 40.1 Å². The molecule has 9 heteroatoms. The third-order valence-electron chi connectivity index (χ3n) is 5.16. The van der Waals surface area contributed by atoms with Crippen LogP contribution in [0.1, 0.15) is 50.4 Å². The first-order valence-corrected chi connectivity index (χ1v) is 10.9. The highest BCUT2D eigenvalue weighted by atomic mass is 32.2. The molecule has 1 unspecified atom stereocenters. The summed E-state index contributed by atoms with van der Waals surface area (Å²) in [5.41, 5.74) is 2.83. The standard InChI is InChI=1S/C21H24FN5O2S/c1-4-19-25-26-20(29-19)30-12-18(28)24-16-9-21(2,3)10-17-15(16)11-23-27(17)14-7-5-13(22)6-8-14/h5-8,11,16H,4,9-10,12H2,1-3H3,(H,24,28). The van der Waals surface area contributed by atoms with Crippen molar-refractivity contribution in [1.82, 2.24) is 25.3 Å². The van der Waals surface area contributed by atoms with Gasteiger partial charge in [0, 0.05) is 12.0 Å². The van der Waals surface area contributed by atoms with Crippen LogP contribution in [0.5, 0.6) is 0 Å². The van der Waals surface area contributed by atoms with Crippen molar-refractivity contribution in [2.75, 3.05) is 5.75 Å². The van der Waals surface area contributed by atoms with Crippen molar-refractivity contribution in [1.29, 1.82) is 0 Å². The van der Waals surface area contributed by atoms with E-state index in [9.17, 15) is 9.18 Å². The van der Waals surface area contributed by atoms with Crippen LogP contribution in [0.3, 0.4) is 0 Å². The van der Waals surface area contributed by atoms with Crippen LogP contribution >= 0.6 is 11.8 Å². The number of aryl methyl sites for hydroxylation is 1. The number of halogens is 1. The summed E-state index contributed by atoms with van der Waals surface area (Å²) in [5, 5.41) is 15.9. The molecule has 4 rings (SSSR count). The number of amides is 1. The molecule has 2 heterocycles. The lowest BCUT2D eigenvalue weighted by Gasteiger charge is -2.36. The number of fused-ring (bicyclic) bond motifs is 1. The topological polar surface area (TPSA) is 85.8 Å². The third kappa shape index (κ3) is 4.40. The number of benzene rings is 1. The average Bonchev–Trinajstić information content (AvgIpc) is 3.33. The fourth-order valence-electron chi connectivity index (χ4n) is 3.78. The van der Waals surface area contributed by atoms with Crippen molar-refractivity contribution in [3.63, 3.8) is 0 Å². The summed E-state index contributed by atoms with van der Waals surface area (Å²) in [4.78, 5) is 12.6. The van der Waals surface area contributed by atoms with Crippen LogP contribution in [0.4, 0.5) is 4.39 Å². The van der Waals surface area contributed by atoms with Gasteiger partial charge in [0.05, 0.1) is 29.4 Å². The number of hydrogen-bond acceptors (Lipinski definition) is 6. The van der Waals surface area contributed by atoms with Crippen molar-refractivity contribution in [3.05, 3.63) is 53.4 Å². The van der Waals surface area contributed by atoms with Crippen molar-refractivity contribution in [2.45, 2.75) is 51.3 Å². The van der Waals surface area contributed by atoms with Crippen molar-refractivity contribution in [3.8, 4) is 5.69 Å². The molecule has 3 aromatic rings. The van der Waals surface area contributed by atoms with Gasteiger partial charge in [0.1, 0.15) is 5.82 Å². The Labute approximate surface area is 178 Å². The molecule has 1 amide bonds. The van der Waals surface area contributed by atoms with E-state index < -0.39 is 0 Å². The summed E-state index contributed by atoms with van der Waals surface area (Å²) in [6, 6.07) is 6.14. The molecule has 2 aromatic heterocycles. The largest absolute Gasteiger partial charge is 0.416 e. The molecule has 0 fully saturated rings. The zero-order valence-electron chi connectivity index (χ0n) is 17.2.